The number of fused-ring (bicyclic) bond motifs is 1. The summed E-state index contributed by atoms with van der Waals surface area (Å²) in [6.45, 7) is 4.07. The van der Waals surface area contributed by atoms with Gasteiger partial charge in [-0.3, -0.25) is 14.7 Å². The zero-order valence-electron chi connectivity index (χ0n) is 11.9. The molecule has 3 rings (SSSR count). The van der Waals surface area contributed by atoms with E-state index >= 15 is 0 Å². The van der Waals surface area contributed by atoms with E-state index in [0.29, 0.717) is 17.8 Å². The van der Waals surface area contributed by atoms with Crippen molar-refractivity contribution in [2.75, 3.05) is 16.8 Å². The van der Waals surface area contributed by atoms with Crippen LogP contribution in [0.15, 0.2) is 24.4 Å². The van der Waals surface area contributed by atoms with Crippen LogP contribution in [0.1, 0.15) is 28.5 Å². The van der Waals surface area contributed by atoms with E-state index in [2.05, 4.69) is 15.5 Å². The molecule has 2 heterocycles. The number of nitrogens with zero attached hydrogens (tertiary/aromatic N) is 2. The second kappa shape index (κ2) is 5.05. The molecular formula is C15H16N4O2. The van der Waals surface area contributed by atoms with Crippen LogP contribution in [0.5, 0.6) is 0 Å². The van der Waals surface area contributed by atoms with Gasteiger partial charge in [-0.05, 0) is 37.1 Å². The number of rotatable bonds is 2. The molecule has 1 aliphatic rings. The standard InChI is InChI=1S/C15H16N4O2/c1-9-13(8-16-18-9)17-15(21)12-3-4-14-11(7-12)5-6-19(14)10(2)20/h3-4,7-8H,5-6H2,1-2H3,(H,16,18)(H,17,21). The van der Waals surface area contributed by atoms with Gasteiger partial charge in [0.05, 0.1) is 17.6 Å². The van der Waals surface area contributed by atoms with Crippen molar-refractivity contribution in [3.63, 3.8) is 0 Å². The number of aromatic amines is 1. The number of aromatic nitrogens is 2. The Labute approximate surface area is 122 Å². The molecule has 108 valence electrons. The number of hydrogen-bond acceptors (Lipinski definition) is 3. The summed E-state index contributed by atoms with van der Waals surface area (Å²) in [5.74, 6) is -0.149. The zero-order chi connectivity index (χ0) is 15.0. The lowest BCUT2D eigenvalue weighted by molar-refractivity contribution is -0.116. The minimum Gasteiger partial charge on any atom is -0.319 e. The van der Waals surface area contributed by atoms with Gasteiger partial charge in [0.2, 0.25) is 5.91 Å². The van der Waals surface area contributed by atoms with Crippen molar-refractivity contribution in [1.29, 1.82) is 0 Å². The molecule has 0 aliphatic carbocycles. The smallest absolute Gasteiger partial charge is 0.255 e. The SMILES string of the molecule is CC(=O)N1CCc2cc(C(=O)Nc3cn[nH]c3C)ccc21. The van der Waals surface area contributed by atoms with E-state index in [4.69, 9.17) is 0 Å². The molecule has 0 spiro atoms. The molecule has 0 bridgehead atoms. The Balaban J connectivity index is 1.83. The first-order chi connectivity index (χ1) is 10.1. The van der Waals surface area contributed by atoms with E-state index in [1.54, 1.807) is 24.1 Å². The van der Waals surface area contributed by atoms with Crippen molar-refractivity contribution in [2.45, 2.75) is 20.3 Å². The summed E-state index contributed by atoms with van der Waals surface area (Å²) >= 11 is 0. The second-order valence-corrected chi connectivity index (χ2v) is 5.13. The van der Waals surface area contributed by atoms with Crippen molar-refractivity contribution >= 4 is 23.2 Å². The van der Waals surface area contributed by atoms with Crippen LogP contribution in [0, 0.1) is 6.92 Å². The van der Waals surface area contributed by atoms with E-state index in [1.807, 2.05) is 19.1 Å². The topological polar surface area (TPSA) is 78.1 Å². The van der Waals surface area contributed by atoms with Crippen LogP contribution in [0.25, 0.3) is 0 Å². The van der Waals surface area contributed by atoms with E-state index in [-0.39, 0.29) is 11.8 Å². The van der Waals surface area contributed by atoms with Gasteiger partial charge in [0.15, 0.2) is 0 Å². The quantitative estimate of drug-likeness (QED) is 0.883. The summed E-state index contributed by atoms with van der Waals surface area (Å²) in [6, 6.07) is 5.43. The predicted molar refractivity (Wildman–Crippen MR) is 79.5 cm³/mol. The summed E-state index contributed by atoms with van der Waals surface area (Å²) in [4.78, 5) is 25.5. The number of hydrogen-bond donors (Lipinski definition) is 2. The van der Waals surface area contributed by atoms with Crippen molar-refractivity contribution in [2.24, 2.45) is 0 Å². The number of aryl methyl sites for hydroxylation is 1. The molecule has 0 saturated carbocycles. The third-order valence-corrected chi connectivity index (χ3v) is 3.70. The number of benzene rings is 1. The maximum absolute atomic E-state index is 12.2. The summed E-state index contributed by atoms with van der Waals surface area (Å²) in [5, 5.41) is 9.47. The van der Waals surface area contributed by atoms with Gasteiger partial charge in [-0.15, -0.1) is 0 Å². The molecule has 1 aliphatic heterocycles. The summed E-state index contributed by atoms with van der Waals surface area (Å²) in [6.07, 6.45) is 2.36. The van der Waals surface area contributed by atoms with Crippen molar-refractivity contribution in [3.05, 3.63) is 41.2 Å². The second-order valence-electron chi connectivity index (χ2n) is 5.13. The summed E-state index contributed by atoms with van der Waals surface area (Å²) < 4.78 is 0. The lowest BCUT2D eigenvalue weighted by atomic mass is 10.1. The van der Waals surface area contributed by atoms with Crippen LogP contribution in [0.3, 0.4) is 0 Å². The molecule has 2 aromatic rings. The monoisotopic (exact) mass is 284 g/mol. The molecule has 21 heavy (non-hydrogen) atoms. The molecule has 2 amide bonds. The molecular weight excluding hydrogens is 268 g/mol. The summed E-state index contributed by atoms with van der Waals surface area (Å²) in [7, 11) is 0. The van der Waals surface area contributed by atoms with Gasteiger partial charge >= 0.3 is 0 Å². The zero-order valence-corrected chi connectivity index (χ0v) is 11.9. The van der Waals surface area contributed by atoms with Crippen LogP contribution in [-0.2, 0) is 11.2 Å². The first-order valence-electron chi connectivity index (χ1n) is 6.78. The Hall–Kier alpha value is -2.63. The Morgan fingerprint density at radius 3 is 2.86 bits per heavy atom. The molecule has 6 heteroatoms. The van der Waals surface area contributed by atoms with Gasteiger partial charge in [0.1, 0.15) is 0 Å². The first kappa shape index (κ1) is 13.4. The highest BCUT2D eigenvalue weighted by molar-refractivity contribution is 6.05. The summed E-state index contributed by atoms with van der Waals surface area (Å²) in [5.41, 5.74) is 4.00. The lowest BCUT2D eigenvalue weighted by Crippen LogP contribution is -2.25. The Bertz CT molecular complexity index is 720. The highest BCUT2D eigenvalue weighted by Gasteiger charge is 2.23. The molecule has 6 nitrogen and oxygen atoms in total. The number of nitrogens with one attached hydrogen (secondary N) is 2. The van der Waals surface area contributed by atoms with E-state index in [1.165, 1.54) is 0 Å². The van der Waals surface area contributed by atoms with Crippen LogP contribution in [-0.4, -0.2) is 28.6 Å². The van der Waals surface area contributed by atoms with Crippen LogP contribution in [0.4, 0.5) is 11.4 Å². The highest BCUT2D eigenvalue weighted by Crippen LogP contribution is 2.29. The van der Waals surface area contributed by atoms with Gasteiger partial charge in [-0.1, -0.05) is 0 Å². The first-order valence-corrected chi connectivity index (χ1v) is 6.78. The Morgan fingerprint density at radius 2 is 2.19 bits per heavy atom. The minimum atomic E-state index is -0.177. The molecule has 0 radical (unpaired) electrons. The van der Waals surface area contributed by atoms with Gasteiger partial charge in [-0.25, -0.2) is 0 Å². The molecule has 2 N–H and O–H groups in total. The van der Waals surface area contributed by atoms with E-state index in [9.17, 15) is 9.59 Å². The fourth-order valence-electron chi connectivity index (χ4n) is 2.54. The van der Waals surface area contributed by atoms with Crippen LogP contribution in [0.2, 0.25) is 0 Å². The van der Waals surface area contributed by atoms with Crippen molar-refractivity contribution < 1.29 is 9.59 Å². The third-order valence-electron chi connectivity index (χ3n) is 3.70. The molecule has 0 unspecified atom stereocenters. The number of H-pyrrole nitrogens is 1. The number of anilines is 2. The average molecular weight is 284 g/mol. The van der Waals surface area contributed by atoms with Crippen LogP contribution < -0.4 is 10.2 Å². The van der Waals surface area contributed by atoms with Gasteiger partial charge < -0.3 is 10.2 Å². The number of amides is 2. The third kappa shape index (κ3) is 2.40. The van der Waals surface area contributed by atoms with Gasteiger partial charge in [0, 0.05) is 24.7 Å². The fraction of sp³-hybridized carbons (Fsp3) is 0.267. The molecule has 1 aromatic heterocycles. The van der Waals surface area contributed by atoms with Crippen LogP contribution >= 0.6 is 0 Å². The maximum atomic E-state index is 12.2. The fourth-order valence-corrected chi connectivity index (χ4v) is 2.54. The molecule has 0 saturated heterocycles. The Kier molecular flexibility index (Phi) is 3.21. The number of carbonyl (C=O) groups is 2. The van der Waals surface area contributed by atoms with E-state index < -0.39 is 0 Å². The lowest BCUT2D eigenvalue weighted by Gasteiger charge is -2.14. The average Bonchev–Trinajstić information content (AvgIpc) is 3.04. The molecule has 1 aromatic carbocycles. The molecule has 0 fully saturated rings. The minimum absolute atomic E-state index is 0.0278. The highest BCUT2D eigenvalue weighted by atomic mass is 16.2. The van der Waals surface area contributed by atoms with Gasteiger partial charge in [-0.2, -0.15) is 5.10 Å². The molecule has 0 atom stereocenters. The van der Waals surface area contributed by atoms with Crippen molar-refractivity contribution in [3.8, 4) is 0 Å². The van der Waals surface area contributed by atoms with Gasteiger partial charge in [0.25, 0.3) is 5.91 Å². The number of carbonyl (C=O) groups excluding carboxylic acids is 2. The van der Waals surface area contributed by atoms with Crippen molar-refractivity contribution in [1.82, 2.24) is 10.2 Å². The predicted octanol–water partition coefficient (Wildman–Crippen LogP) is 1.88. The normalized spacial score (nSPS) is 13.1. The maximum Gasteiger partial charge on any atom is 0.255 e. The van der Waals surface area contributed by atoms with E-state index in [0.717, 1.165) is 23.4 Å². The Morgan fingerprint density at radius 1 is 1.38 bits per heavy atom. The largest absolute Gasteiger partial charge is 0.319 e.